The zero-order valence-corrected chi connectivity index (χ0v) is 10.6. The van der Waals surface area contributed by atoms with Crippen molar-refractivity contribution in [3.63, 3.8) is 0 Å². The Morgan fingerprint density at radius 2 is 1.75 bits per heavy atom. The molecule has 2 rings (SSSR count). The third kappa shape index (κ3) is 2.83. The summed E-state index contributed by atoms with van der Waals surface area (Å²) in [5, 5.41) is 0.860. The van der Waals surface area contributed by atoms with Crippen molar-refractivity contribution >= 4 is 15.9 Å². The number of aryl methyl sites for hydroxylation is 1. The third-order valence-corrected chi connectivity index (χ3v) is 2.85. The van der Waals surface area contributed by atoms with E-state index in [-0.39, 0.29) is 0 Å². The molecule has 0 saturated heterocycles. The van der Waals surface area contributed by atoms with E-state index in [1.54, 1.807) is 6.20 Å². The molecule has 16 heavy (non-hydrogen) atoms. The van der Waals surface area contributed by atoms with E-state index in [1.807, 2.05) is 43.3 Å². The number of halogens is 1. The second-order valence-electron chi connectivity index (χ2n) is 3.51. The number of alkyl halides is 1. The molecule has 3 heteroatoms. The summed E-state index contributed by atoms with van der Waals surface area (Å²) >= 11 is 3.41. The van der Waals surface area contributed by atoms with Gasteiger partial charge < -0.3 is 4.74 Å². The molecule has 1 aromatic heterocycles. The van der Waals surface area contributed by atoms with Crippen LogP contribution in [0, 0.1) is 6.92 Å². The lowest BCUT2D eigenvalue weighted by molar-refractivity contribution is 0.480. The van der Waals surface area contributed by atoms with Crippen molar-refractivity contribution in [2.45, 2.75) is 12.3 Å². The Kier molecular flexibility index (Phi) is 3.57. The minimum Gasteiger partial charge on any atom is -0.456 e. The second-order valence-corrected chi connectivity index (χ2v) is 4.08. The summed E-state index contributed by atoms with van der Waals surface area (Å²) in [4.78, 5) is 4.18. The van der Waals surface area contributed by atoms with Crippen molar-refractivity contribution < 1.29 is 4.74 Å². The van der Waals surface area contributed by atoms with Crippen LogP contribution in [0.5, 0.6) is 11.5 Å². The molecule has 0 fully saturated rings. The van der Waals surface area contributed by atoms with Crippen molar-refractivity contribution in [2.24, 2.45) is 0 Å². The van der Waals surface area contributed by atoms with Crippen molar-refractivity contribution in [1.29, 1.82) is 0 Å². The van der Waals surface area contributed by atoms with Crippen LogP contribution in [0.25, 0.3) is 0 Å². The van der Waals surface area contributed by atoms with Crippen LogP contribution in [0.3, 0.4) is 0 Å². The fourth-order valence-corrected chi connectivity index (χ4v) is 1.67. The number of nitrogens with zero attached hydrogens (tertiary/aromatic N) is 1. The van der Waals surface area contributed by atoms with Gasteiger partial charge in [-0.25, -0.2) is 0 Å². The first-order valence-corrected chi connectivity index (χ1v) is 6.15. The summed E-state index contributed by atoms with van der Waals surface area (Å²) in [6.07, 6.45) is 1.73. The van der Waals surface area contributed by atoms with Crippen molar-refractivity contribution in [3.05, 3.63) is 53.9 Å². The summed E-state index contributed by atoms with van der Waals surface area (Å²) in [7, 11) is 0. The summed E-state index contributed by atoms with van der Waals surface area (Å²) in [5.41, 5.74) is 2.22. The smallest absolute Gasteiger partial charge is 0.145 e. The zero-order chi connectivity index (χ0) is 11.4. The summed E-state index contributed by atoms with van der Waals surface area (Å²) in [6, 6.07) is 11.8. The Morgan fingerprint density at radius 3 is 2.31 bits per heavy atom. The molecule has 0 N–H and O–H groups in total. The molecular weight excluding hydrogens is 266 g/mol. The Bertz CT molecular complexity index is 450. The molecule has 0 aliphatic rings. The third-order valence-electron chi connectivity index (χ3n) is 2.20. The van der Waals surface area contributed by atoms with Crippen molar-refractivity contribution in [3.8, 4) is 11.5 Å². The zero-order valence-electron chi connectivity index (χ0n) is 8.98. The highest BCUT2D eigenvalue weighted by Gasteiger charge is 1.97. The number of hydrogen-bond acceptors (Lipinski definition) is 2. The SMILES string of the molecule is Cc1ccc(Oc2ccc(CBr)cc2)cn1. The molecule has 0 atom stereocenters. The quantitative estimate of drug-likeness (QED) is 0.789. The van der Waals surface area contributed by atoms with Gasteiger partial charge in [-0.15, -0.1) is 0 Å². The van der Waals surface area contributed by atoms with Gasteiger partial charge in [0.05, 0.1) is 6.20 Å². The first kappa shape index (κ1) is 11.1. The predicted octanol–water partition coefficient (Wildman–Crippen LogP) is 4.08. The molecule has 0 spiro atoms. The average molecular weight is 278 g/mol. The largest absolute Gasteiger partial charge is 0.456 e. The highest BCUT2D eigenvalue weighted by Crippen LogP contribution is 2.21. The second kappa shape index (κ2) is 5.12. The van der Waals surface area contributed by atoms with Gasteiger partial charge in [-0.2, -0.15) is 0 Å². The monoisotopic (exact) mass is 277 g/mol. The van der Waals surface area contributed by atoms with Gasteiger partial charge in [0, 0.05) is 11.0 Å². The Hall–Kier alpha value is -1.35. The predicted molar refractivity (Wildman–Crippen MR) is 68.1 cm³/mol. The van der Waals surface area contributed by atoms with Crippen LogP contribution >= 0.6 is 15.9 Å². The first-order valence-electron chi connectivity index (χ1n) is 5.03. The van der Waals surface area contributed by atoms with E-state index in [0.29, 0.717) is 0 Å². The average Bonchev–Trinajstić information content (AvgIpc) is 2.33. The lowest BCUT2D eigenvalue weighted by atomic mass is 10.2. The lowest BCUT2D eigenvalue weighted by Crippen LogP contribution is -1.87. The molecule has 0 unspecified atom stereocenters. The molecule has 0 aliphatic heterocycles. The van der Waals surface area contributed by atoms with E-state index in [9.17, 15) is 0 Å². The van der Waals surface area contributed by atoms with Gasteiger partial charge in [0.15, 0.2) is 0 Å². The molecule has 1 aromatic carbocycles. The van der Waals surface area contributed by atoms with E-state index in [4.69, 9.17) is 4.74 Å². The Morgan fingerprint density at radius 1 is 1.06 bits per heavy atom. The summed E-state index contributed by atoms with van der Waals surface area (Å²) in [6.45, 7) is 1.95. The molecule has 0 radical (unpaired) electrons. The fourth-order valence-electron chi connectivity index (χ4n) is 1.30. The van der Waals surface area contributed by atoms with Gasteiger partial charge in [-0.05, 0) is 36.8 Å². The number of aromatic nitrogens is 1. The van der Waals surface area contributed by atoms with Crippen LogP contribution in [0.1, 0.15) is 11.3 Å². The number of ether oxygens (including phenoxy) is 1. The number of rotatable bonds is 3. The van der Waals surface area contributed by atoms with Gasteiger partial charge >= 0.3 is 0 Å². The van der Waals surface area contributed by atoms with Crippen molar-refractivity contribution in [2.75, 3.05) is 0 Å². The van der Waals surface area contributed by atoms with E-state index in [0.717, 1.165) is 22.5 Å². The van der Waals surface area contributed by atoms with Crippen LogP contribution in [-0.4, -0.2) is 4.98 Å². The maximum absolute atomic E-state index is 5.66. The van der Waals surface area contributed by atoms with E-state index in [2.05, 4.69) is 20.9 Å². The maximum Gasteiger partial charge on any atom is 0.145 e. The molecule has 82 valence electrons. The Labute approximate surface area is 103 Å². The van der Waals surface area contributed by atoms with Crippen LogP contribution in [0.4, 0.5) is 0 Å². The molecular formula is C13H12BrNO. The lowest BCUT2D eigenvalue weighted by Gasteiger charge is -2.05. The van der Waals surface area contributed by atoms with Gasteiger partial charge in [0.2, 0.25) is 0 Å². The van der Waals surface area contributed by atoms with Gasteiger partial charge in [-0.1, -0.05) is 28.1 Å². The summed E-state index contributed by atoms with van der Waals surface area (Å²) in [5.74, 6) is 1.59. The van der Waals surface area contributed by atoms with Gasteiger partial charge in [0.1, 0.15) is 11.5 Å². The van der Waals surface area contributed by atoms with Gasteiger partial charge in [-0.3, -0.25) is 4.98 Å². The molecule has 1 heterocycles. The molecule has 0 saturated carbocycles. The normalized spacial score (nSPS) is 10.1. The topological polar surface area (TPSA) is 22.1 Å². The molecule has 0 aliphatic carbocycles. The molecule has 2 nitrogen and oxygen atoms in total. The van der Waals surface area contributed by atoms with Crippen LogP contribution < -0.4 is 4.74 Å². The van der Waals surface area contributed by atoms with E-state index < -0.39 is 0 Å². The standard InChI is InChI=1S/C13H12BrNO/c1-10-2-5-13(9-15-10)16-12-6-3-11(8-14)4-7-12/h2-7,9H,8H2,1H3. The number of hydrogen-bond donors (Lipinski definition) is 0. The van der Waals surface area contributed by atoms with Crippen LogP contribution in [0.15, 0.2) is 42.6 Å². The number of benzene rings is 1. The molecule has 2 aromatic rings. The number of pyridine rings is 1. The minimum atomic E-state index is 0.761. The van der Waals surface area contributed by atoms with Gasteiger partial charge in [0.25, 0.3) is 0 Å². The van der Waals surface area contributed by atoms with Crippen LogP contribution in [-0.2, 0) is 5.33 Å². The minimum absolute atomic E-state index is 0.761. The van der Waals surface area contributed by atoms with E-state index in [1.165, 1.54) is 5.56 Å². The maximum atomic E-state index is 5.66. The summed E-state index contributed by atoms with van der Waals surface area (Å²) < 4.78 is 5.66. The highest BCUT2D eigenvalue weighted by atomic mass is 79.9. The highest BCUT2D eigenvalue weighted by molar-refractivity contribution is 9.08. The van der Waals surface area contributed by atoms with E-state index >= 15 is 0 Å². The fraction of sp³-hybridized carbons (Fsp3) is 0.154. The Balaban J connectivity index is 2.11. The van der Waals surface area contributed by atoms with Crippen LogP contribution in [0.2, 0.25) is 0 Å². The molecule has 0 amide bonds. The first-order chi connectivity index (χ1) is 7.78. The van der Waals surface area contributed by atoms with Crippen molar-refractivity contribution in [1.82, 2.24) is 4.98 Å². The molecule has 0 bridgehead atoms.